The van der Waals surface area contributed by atoms with Crippen molar-refractivity contribution in [2.24, 2.45) is 0 Å². The van der Waals surface area contributed by atoms with Crippen molar-refractivity contribution in [3.05, 3.63) is 6.42 Å². The molecule has 2 aliphatic carbocycles. The van der Waals surface area contributed by atoms with Gasteiger partial charge in [0.05, 0.1) is 0 Å². The van der Waals surface area contributed by atoms with Crippen molar-refractivity contribution >= 4 is 0 Å². The molecule has 0 spiro atoms. The van der Waals surface area contributed by atoms with Crippen LogP contribution in [0.5, 0.6) is 0 Å². The van der Waals surface area contributed by atoms with Gasteiger partial charge in [0.2, 0.25) is 0 Å². The average Bonchev–Trinajstić information content (AvgIpc) is 2.24. The maximum absolute atomic E-state index is 2.39. The third-order valence-corrected chi connectivity index (χ3v) is 2.82. The van der Waals surface area contributed by atoms with Crippen molar-refractivity contribution in [1.82, 2.24) is 0 Å². The second kappa shape index (κ2) is 10.8. The van der Waals surface area contributed by atoms with Gasteiger partial charge < -0.3 is 6.42 Å². The van der Waals surface area contributed by atoms with Crippen LogP contribution in [0.4, 0.5) is 0 Å². The summed E-state index contributed by atoms with van der Waals surface area (Å²) in [5, 5.41) is 0. The van der Waals surface area contributed by atoms with Crippen LogP contribution in [0.25, 0.3) is 0 Å². The fraction of sp³-hybridized carbons (Fsp3) is 0.917. The van der Waals surface area contributed by atoms with Gasteiger partial charge in [-0.15, -0.1) is 0 Å². The van der Waals surface area contributed by atoms with Gasteiger partial charge in [-0.3, -0.25) is 0 Å². The molecule has 2 aliphatic rings. The van der Waals surface area contributed by atoms with Crippen molar-refractivity contribution in [2.75, 3.05) is 0 Å². The molecule has 0 bridgehead atoms. The van der Waals surface area contributed by atoms with E-state index in [-0.39, 0.29) is 21.1 Å². The van der Waals surface area contributed by atoms with Crippen molar-refractivity contribution in [3.8, 4) is 0 Å². The van der Waals surface area contributed by atoms with Gasteiger partial charge in [-0.05, 0) is 0 Å². The summed E-state index contributed by atoms with van der Waals surface area (Å²) < 4.78 is 0. The molecule has 13 heavy (non-hydrogen) atoms. The van der Waals surface area contributed by atoms with Gasteiger partial charge in [0.1, 0.15) is 0 Å². The summed E-state index contributed by atoms with van der Waals surface area (Å²) >= 11 is 0. The number of hydrogen-bond donors (Lipinski definition) is 0. The summed E-state index contributed by atoms with van der Waals surface area (Å²) in [5.74, 6) is 0. The van der Waals surface area contributed by atoms with Crippen LogP contribution in [0, 0.1) is 6.42 Å². The molecule has 0 heterocycles. The van der Waals surface area contributed by atoms with Crippen molar-refractivity contribution < 1.29 is 21.1 Å². The van der Waals surface area contributed by atoms with Gasteiger partial charge in [-0.2, -0.15) is 12.8 Å². The van der Waals surface area contributed by atoms with E-state index < -0.39 is 0 Å². The molecule has 0 saturated heterocycles. The van der Waals surface area contributed by atoms with Crippen LogP contribution in [0.3, 0.4) is 0 Å². The first kappa shape index (κ1) is 13.7. The predicted octanol–water partition coefficient (Wildman–Crippen LogP) is 4.49. The molecule has 2 rings (SSSR count). The third kappa shape index (κ3) is 9.00. The molecule has 0 aromatic heterocycles. The Kier molecular flexibility index (Phi) is 11.3. The number of rotatable bonds is 0. The summed E-state index contributed by atoms with van der Waals surface area (Å²) in [5.41, 5.74) is 0. The van der Waals surface area contributed by atoms with Gasteiger partial charge >= 0.3 is 0 Å². The molecule has 0 nitrogen and oxygen atoms in total. The Bertz CT molecular complexity index is 48.1. The summed E-state index contributed by atoms with van der Waals surface area (Å²) in [7, 11) is 0. The Balaban J connectivity index is 0.000000206. The monoisotopic (exact) mass is 362 g/mol. The van der Waals surface area contributed by atoms with Crippen molar-refractivity contribution in [3.63, 3.8) is 0 Å². The molecule has 2 saturated carbocycles. The summed E-state index contributed by atoms with van der Waals surface area (Å²) in [6, 6.07) is 0. The van der Waals surface area contributed by atoms with E-state index in [1.54, 1.807) is 0 Å². The molecule has 2 fully saturated rings. The molecule has 0 N–H and O–H groups in total. The Hall–Kier alpha value is 0.688. The van der Waals surface area contributed by atoms with Crippen LogP contribution < -0.4 is 0 Å². The van der Waals surface area contributed by atoms with Gasteiger partial charge in [-0.1, -0.05) is 57.8 Å². The Morgan fingerprint density at radius 3 is 0.923 bits per heavy atom. The van der Waals surface area contributed by atoms with Gasteiger partial charge in [0.25, 0.3) is 0 Å². The minimum absolute atomic E-state index is 0. The molecule has 0 aromatic carbocycles. The molecule has 0 aliphatic heterocycles. The van der Waals surface area contributed by atoms with Crippen molar-refractivity contribution in [1.29, 1.82) is 0 Å². The first-order valence-corrected chi connectivity index (χ1v) is 5.82. The van der Waals surface area contributed by atoms with E-state index in [0.29, 0.717) is 0 Å². The molecular formula is C12H23Pt-. The van der Waals surface area contributed by atoms with E-state index in [4.69, 9.17) is 0 Å². The van der Waals surface area contributed by atoms with Crippen LogP contribution >= 0.6 is 0 Å². The molecule has 1 heteroatoms. The predicted molar refractivity (Wildman–Crippen MR) is 55.1 cm³/mol. The Morgan fingerprint density at radius 2 is 0.769 bits per heavy atom. The van der Waals surface area contributed by atoms with E-state index in [0.717, 1.165) is 0 Å². The molecule has 0 amide bonds. The van der Waals surface area contributed by atoms with E-state index in [1.165, 1.54) is 70.6 Å². The molecule has 0 unspecified atom stereocenters. The maximum Gasteiger partial charge on any atom is 0 e. The number of hydrogen-bond acceptors (Lipinski definition) is 0. The average molecular weight is 362 g/mol. The fourth-order valence-electron chi connectivity index (χ4n) is 1.96. The van der Waals surface area contributed by atoms with E-state index >= 15 is 0 Å². The van der Waals surface area contributed by atoms with Crippen LogP contribution in [0.2, 0.25) is 0 Å². The normalized spacial score (nSPS) is 22.2. The molecule has 0 aromatic rings. The molecule has 82 valence electrons. The molecular weight excluding hydrogens is 339 g/mol. The minimum atomic E-state index is 0. The summed E-state index contributed by atoms with van der Waals surface area (Å²) in [4.78, 5) is 0. The van der Waals surface area contributed by atoms with Crippen LogP contribution in [0.15, 0.2) is 0 Å². The zero-order valence-corrected chi connectivity index (χ0v) is 10.9. The Labute approximate surface area is 98.1 Å². The topological polar surface area (TPSA) is 0 Å². The van der Waals surface area contributed by atoms with Gasteiger partial charge in [-0.25, -0.2) is 0 Å². The fourth-order valence-corrected chi connectivity index (χ4v) is 1.96. The molecule has 0 atom stereocenters. The SMILES string of the molecule is C1CCCCC1.[CH-]1CCCCC1.[Pt]. The second-order valence-electron chi connectivity index (χ2n) is 4.05. The van der Waals surface area contributed by atoms with E-state index in [2.05, 4.69) is 6.42 Å². The maximum atomic E-state index is 2.39. The van der Waals surface area contributed by atoms with Gasteiger partial charge in [0, 0.05) is 21.1 Å². The van der Waals surface area contributed by atoms with E-state index in [9.17, 15) is 0 Å². The third-order valence-electron chi connectivity index (χ3n) is 2.82. The summed E-state index contributed by atoms with van der Waals surface area (Å²) in [6.45, 7) is 0. The quantitative estimate of drug-likeness (QED) is 0.557. The van der Waals surface area contributed by atoms with Crippen molar-refractivity contribution in [2.45, 2.75) is 70.6 Å². The second-order valence-corrected chi connectivity index (χ2v) is 4.05. The largest absolute Gasteiger partial charge is 0.328 e. The van der Waals surface area contributed by atoms with Gasteiger partial charge in [0.15, 0.2) is 0 Å². The first-order chi connectivity index (χ1) is 6.00. The standard InChI is InChI=1S/C6H12.C6H11.Pt/c2*1-2-4-6-5-3-1;/h1-6H2;1H,2-6H2;/q;-1;. The minimum Gasteiger partial charge on any atom is -0.328 e. The van der Waals surface area contributed by atoms with Crippen LogP contribution in [0.1, 0.15) is 70.6 Å². The summed E-state index contributed by atoms with van der Waals surface area (Å²) in [6.07, 6.45) is 18.5. The Morgan fingerprint density at radius 1 is 0.462 bits per heavy atom. The van der Waals surface area contributed by atoms with E-state index in [1.807, 2.05) is 0 Å². The zero-order chi connectivity index (χ0) is 8.49. The van der Waals surface area contributed by atoms with Crippen LogP contribution in [-0.2, 0) is 21.1 Å². The smallest absolute Gasteiger partial charge is 0 e. The van der Waals surface area contributed by atoms with Crippen LogP contribution in [-0.4, -0.2) is 0 Å². The molecule has 0 radical (unpaired) electrons. The zero-order valence-electron chi connectivity index (χ0n) is 8.67. The first-order valence-electron chi connectivity index (χ1n) is 5.82.